The van der Waals surface area contributed by atoms with Gasteiger partial charge in [-0.1, -0.05) is 75.4 Å². The number of likely N-dealkylation sites (tertiary alicyclic amines) is 1. The van der Waals surface area contributed by atoms with Crippen LogP contribution < -0.4 is 5.32 Å². The second-order valence-electron chi connectivity index (χ2n) is 11.7. The summed E-state index contributed by atoms with van der Waals surface area (Å²) in [6.07, 6.45) is -6.18. The molecule has 2 aromatic rings. The van der Waals surface area contributed by atoms with Crippen molar-refractivity contribution in [2.75, 3.05) is 20.8 Å². The lowest BCUT2D eigenvalue weighted by Crippen LogP contribution is -2.58. The van der Waals surface area contributed by atoms with Gasteiger partial charge < -0.3 is 24.4 Å². The van der Waals surface area contributed by atoms with Gasteiger partial charge in [0.25, 0.3) is 0 Å². The first-order valence-electron chi connectivity index (χ1n) is 13.1. The van der Waals surface area contributed by atoms with Crippen molar-refractivity contribution in [3.05, 3.63) is 60.2 Å². The third-order valence-corrected chi connectivity index (χ3v) is 7.40. The predicted molar refractivity (Wildman–Crippen MR) is 146 cm³/mol. The van der Waals surface area contributed by atoms with Gasteiger partial charge in [0.15, 0.2) is 0 Å². The number of alkyl carbamates (subject to hydrolysis) is 1. The highest BCUT2D eigenvalue weighted by Gasteiger charge is 2.54. The number of carbonyl (C=O) groups excluding carboxylic acids is 3. The van der Waals surface area contributed by atoms with E-state index in [1.807, 2.05) is 54.6 Å². The zero-order valence-electron chi connectivity index (χ0n) is 24.3. The zero-order valence-corrected chi connectivity index (χ0v) is 24.3. The minimum Gasteiger partial charge on any atom is -0.467 e. The van der Waals surface area contributed by atoms with Gasteiger partial charge in [-0.2, -0.15) is 13.2 Å². The highest BCUT2D eigenvalue weighted by Crippen LogP contribution is 2.41. The van der Waals surface area contributed by atoms with Crippen LogP contribution in [0, 0.1) is 5.41 Å². The summed E-state index contributed by atoms with van der Waals surface area (Å²) >= 11 is 0. The molecular formula is C30H37F3N2O6. The van der Waals surface area contributed by atoms with Crippen LogP contribution in [0.5, 0.6) is 0 Å². The number of benzene rings is 2. The standard InChI is InChI=1S/C30H37F3N2O6/c1-27(2,3)23(34-26(38)41-28(4,5)30(31,32)33)24(36)35-18-29(40-7,17-22(35)25(37)39-6)21-15-13-20(14-16-21)19-11-9-8-10-12-19/h8-16,22-23H,17-18H2,1-7H3,(H,34,38)/t22-,23?,29-/m0/s1. The monoisotopic (exact) mass is 578 g/mol. The number of esters is 1. The SMILES string of the molecule is COC(=O)[C@@H]1C[C@@](OC)(c2ccc(-c3ccccc3)cc2)CN1C(=O)C(NC(=O)OC(C)(C)C(F)(F)F)C(C)(C)C. The van der Waals surface area contributed by atoms with Gasteiger partial charge in [-0.3, -0.25) is 4.79 Å². The summed E-state index contributed by atoms with van der Waals surface area (Å²) < 4.78 is 55.5. The number of halogens is 3. The molecule has 3 atom stereocenters. The maximum Gasteiger partial charge on any atom is 0.427 e. The maximum absolute atomic E-state index is 14.0. The summed E-state index contributed by atoms with van der Waals surface area (Å²) in [5.74, 6) is -1.37. The molecule has 0 radical (unpaired) electrons. The molecule has 0 spiro atoms. The quantitative estimate of drug-likeness (QED) is 0.439. The van der Waals surface area contributed by atoms with E-state index in [0.717, 1.165) is 16.7 Å². The van der Waals surface area contributed by atoms with E-state index in [4.69, 9.17) is 9.47 Å². The van der Waals surface area contributed by atoms with Crippen LogP contribution in [0.3, 0.4) is 0 Å². The predicted octanol–water partition coefficient (Wildman–Crippen LogP) is 5.45. The van der Waals surface area contributed by atoms with Crippen molar-refractivity contribution in [2.24, 2.45) is 5.41 Å². The lowest BCUT2D eigenvalue weighted by atomic mass is 9.85. The average molecular weight is 579 g/mol. The third kappa shape index (κ3) is 6.83. The molecule has 1 saturated heterocycles. The Balaban J connectivity index is 1.93. The van der Waals surface area contributed by atoms with Crippen molar-refractivity contribution in [2.45, 2.75) is 70.5 Å². The van der Waals surface area contributed by atoms with Crippen LogP contribution in [0.2, 0.25) is 0 Å². The van der Waals surface area contributed by atoms with Gasteiger partial charge in [0, 0.05) is 13.5 Å². The van der Waals surface area contributed by atoms with Crippen LogP contribution in [0.1, 0.15) is 46.6 Å². The Morgan fingerprint density at radius 3 is 1.98 bits per heavy atom. The van der Waals surface area contributed by atoms with Crippen LogP contribution in [-0.4, -0.2) is 67.5 Å². The smallest absolute Gasteiger partial charge is 0.427 e. The van der Waals surface area contributed by atoms with Gasteiger partial charge >= 0.3 is 18.2 Å². The van der Waals surface area contributed by atoms with Crippen molar-refractivity contribution in [3.8, 4) is 11.1 Å². The molecule has 224 valence electrons. The van der Waals surface area contributed by atoms with Crippen LogP contribution in [0.4, 0.5) is 18.0 Å². The van der Waals surface area contributed by atoms with Gasteiger partial charge in [0.1, 0.15) is 17.7 Å². The minimum atomic E-state index is -4.83. The Morgan fingerprint density at radius 2 is 1.49 bits per heavy atom. The first-order valence-corrected chi connectivity index (χ1v) is 13.1. The van der Waals surface area contributed by atoms with Gasteiger partial charge in [-0.25, -0.2) is 9.59 Å². The number of carbonyl (C=O) groups is 3. The summed E-state index contributed by atoms with van der Waals surface area (Å²) in [6.45, 7) is 6.28. The fourth-order valence-corrected chi connectivity index (χ4v) is 4.77. The number of amides is 2. The van der Waals surface area contributed by atoms with Crippen LogP contribution in [0.15, 0.2) is 54.6 Å². The number of ether oxygens (including phenoxy) is 3. The van der Waals surface area contributed by atoms with Crippen LogP contribution in [0.25, 0.3) is 11.1 Å². The highest BCUT2D eigenvalue weighted by molar-refractivity contribution is 5.91. The summed E-state index contributed by atoms with van der Waals surface area (Å²) in [5, 5.41) is 2.30. The van der Waals surface area contributed by atoms with E-state index in [1.54, 1.807) is 20.8 Å². The van der Waals surface area contributed by atoms with Gasteiger partial charge in [0.2, 0.25) is 11.5 Å². The molecule has 0 bridgehead atoms. The molecule has 1 unspecified atom stereocenters. The molecule has 1 N–H and O–H groups in total. The van der Waals surface area contributed by atoms with Crippen LogP contribution >= 0.6 is 0 Å². The molecule has 2 amide bonds. The largest absolute Gasteiger partial charge is 0.467 e. The highest BCUT2D eigenvalue weighted by atomic mass is 19.4. The lowest BCUT2D eigenvalue weighted by molar-refractivity contribution is -0.244. The summed E-state index contributed by atoms with van der Waals surface area (Å²) in [4.78, 5) is 40.7. The van der Waals surface area contributed by atoms with E-state index in [1.165, 1.54) is 19.1 Å². The van der Waals surface area contributed by atoms with E-state index >= 15 is 0 Å². The van der Waals surface area contributed by atoms with E-state index in [0.29, 0.717) is 13.8 Å². The molecular weight excluding hydrogens is 541 g/mol. The van der Waals surface area contributed by atoms with Crippen LogP contribution in [-0.2, 0) is 29.4 Å². The molecule has 1 aliphatic heterocycles. The second-order valence-corrected chi connectivity index (χ2v) is 11.7. The molecule has 11 heteroatoms. The molecule has 8 nitrogen and oxygen atoms in total. The van der Waals surface area contributed by atoms with E-state index in [-0.39, 0.29) is 13.0 Å². The molecule has 41 heavy (non-hydrogen) atoms. The minimum absolute atomic E-state index is 0.0645. The molecule has 0 aromatic heterocycles. The maximum atomic E-state index is 14.0. The first-order chi connectivity index (χ1) is 19.0. The van der Waals surface area contributed by atoms with Crippen molar-refractivity contribution in [3.63, 3.8) is 0 Å². The number of alkyl halides is 3. The number of nitrogens with zero attached hydrogens (tertiary/aromatic N) is 1. The van der Waals surface area contributed by atoms with E-state index in [2.05, 4.69) is 10.1 Å². The Morgan fingerprint density at radius 1 is 0.927 bits per heavy atom. The zero-order chi connectivity index (χ0) is 30.8. The van der Waals surface area contributed by atoms with Crippen molar-refractivity contribution >= 4 is 18.0 Å². The number of hydrogen-bond acceptors (Lipinski definition) is 6. The molecule has 1 fully saturated rings. The second kappa shape index (κ2) is 11.7. The van der Waals surface area contributed by atoms with Gasteiger partial charge in [-0.15, -0.1) is 0 Å². The number of nitrogens with one attached hydrogen (secondary N) is 1. The molecule has 0 saturated carbocycles. The number of rotatable bonds is 7. The lowest BCUT2D eigenvalue weighted by Gasteiger charge is -2.36. The summed E-state index contributed by atoms with van der Waals surface area (Å²) in [6, 6.07) is 14.9. The Labute approximate surface area is 238 Å². The fraction of sp³-hybridized carbons (Fsp3) is 0.500. The average Bonchev–Trinajstić information content (AvgIpc) is 3.31. The van der Waals surface area contributed by atoms with Crippen molar-refractivity contribution in [1.29, 1.82) is 0 Å². The Hall–Kier alpha value is -3.60. The number of hydrogen-bond donors (Lipinski definition) is 1. The molecule has 2 aromatic carbocycles. The molecule has 1 aliphatic rings. The molecule has 3 rings (SSSR count). The van der Waals surface area contributed by atoms with Gasteiger partial charge in [0.05, 0.1) is 13.7 Å². The molecule has 1 heterocycles. The number of methoxy groups -OCH3 is 2. The fourth-order valence-electron chi connectivity index (χ4n) is 4.77. The third-order valence-electron chi connectivity index (χ3n) is 7.40. The van der Waals surface area contributed by atoms with Crippen molar-refractivity contribution < 1.29 is 41.8 Å². The Bertz CT molecular complexity index is 1240. The molecule has 0 aliphatic carbocycles. The normalized spacial score (nSPS) is 20.3. The van der Waals surface area contributed by atoms with E-state index < -0.39 is 52.8 Å². The summed E-state index contributed by atoms with van der Waals surface area (Å²) in [5.41, 5.74) is -2.15. The van der Waals surface area contributed by atoms with Gasteiger partial charge in [-0.05, 0) is 36.0 Å². The first kappa shape index (κ1) is 31.9. The summed E-state index contributed by atoms with van der Waals surface area (Å²) in [7, 11) is 2.67. The van der Waals surface area contributed by atoms with E-state index in [9.17, 15) is 27.6 Å². The Kier molecular flexibility index (Phi) is 9.12. The van der Waals surface area contributed by atoms with Crippen molar-refractivity contribution in [1.82, 2.24) is 10.2 Å². The topological polar surface area (TPSA) is 94.2 Å².